The molecule has 10 heterocycles. The first kappa shape index (κ1) is 101. The van der Waals surface area contributed by atoms with Crippen molar-refractivity contribution >= 4 is 11.8 Å². The third kappa shape index (κ3) is 21.9. The average molecular weight is 1790 g/mol. The zero-order valence-electron chi connectivity index (χ0n) is 66.9. The molecule has 0 aromatic rings. The topological polar surface area (TPSA) is 809 Å². The summed E-state index contributed by atoms with van der Waals surface area (Å²) in [4.78, 5) is 26.5. The molecule has 0 aromatic carbocycles. The normalized spacial score (nSPS) is 50.9. The Morgan fingerprint density at radius 1 is 0.279 bits per heavy atom. The zero-order chi connectivity index (χ0) is 90.1. The van der Waals surface area contributed by atoms with Crippen molar-refractivity contribution in [2.24, 2.45) is 0 Å². The van der Waals surface area contributed by atoms with Crippen LogP contribution in [0.1, 0.15) is 55.4 Å². The van der Waals surface area contributed by atoms with E-state index in [1.165, 1.54) is 41.5 Å². The van der Waals surface area contributed by atoms with Gasteiger partial charge in [-0.25, -0.2) is 0 Å². The SMILES string of the molecule is CC(=O)N[C@H]1[C@H](O[C@@H]2[C@@H](O)[C@@H](O[C@@H]3O[C@@H](C)[C@H](O[C@@H]4O[C@H](CO)[C@@H](O)[C@H](O[C@H]5O[C@H](CO)[C@H](O)[C@H](O[C@@H]6O[C@@H](C)[C@H](O)[C@@H](O)[C@H]6O)[C@H]5O)[C@H]4NC(C)=O)[C@@H](O)[C@H]3O)[C@H](O[C@@H]3[C@H](OC[C@H](O)[C@@H](O[C@@H]4O[C@@H](C)[C@H](O)[C@@H](O)[C@H]4O)[C@H](O)[C@H](O)CO)O[C@@H](C)[C@@H](O)[C@H]3O)O[C@H]2C)O[C@H](CO)[C@@H](O)[C@@H]1O[C@H]1O[C@H](CO)[C@H](O)[C@H](O[C@@H]2O[C@@H](C)[C@H](O)[C@@H](O)[C@H]2O)[C@H]1O. The van der Waals surface area contributed by atoms with Crippen LogP contribution in [0.15, 0.2) is 0 Å². The smallest absolute Gasteiger partial charge is 0.217 e. The molecule has 10 rings (SSSR count). The number of aliphatic hydroxyl groups is 28. The molecule has 0 unspecified atom stereocenters. The van der Waals surface area contributed by atoms with E-state index < -0.39 is 383 Å². The van der Waals surface area contributed by atoms with Crippen LogP contribution in [-0.4, -0.2) is 526 Å². The maximum absolute atomic E-state index is 13.3. The van der Waals surface area contributed by atoms with Gasteiger partial charge >= 0.3 is 0 Å². The van der Waals surface area contributed by atoms with E-state index in [4.69, 9.17) is 94.7 Å². The minimum Gasteiger partial charge on any atom is -0.394 e. The van der Waals surface area contributed by atoms with E-state index in [0.29, 0.717) is 0 Å². The lowest BCUT2D eigenvalue weighted by Crippen LogP contribution is -2.70. The van der Waals surface area contributed by atoms with Gasteiger partial charge in [0.05, 0.1) is 76.3 Å². The fourth-order valence-corrected chi connectivity index (χ4v) is 15.9. The Hall–Kier alpha value is -2.98. The number of carbonyl (C=O) groups is 2. The van der Waals surface area contributed by atoms with Crippen molar-refractivity contribution in [1.29, 1.82) is 0 Å². The van der Waals surface area contributed by atoms with E-state index in [2.05, 4.69) is 10.6 Å². The van der Waals surface area contributed by atoms with Gasteiger partial charge in [-0.2, -0.15) is 0 Å². The first-order valence-corrected chi connectivity index (χ1v) is 39.7. The summed E-state index contributed by atoms with van der Waals surface area (Å²) in [6, 6.07) is -3.77. The summed E-state index contributed by atoms with van der Waals surface area (Å²) >= 11 is 0. The molecule has 0 saturated carbocycles. The summed E-state index contributed by atoms with van der Waals surface area (Å²) in [7, 11) is 0. The van der Waals surface area contributed by atoms with Gasteiger partial charge < -0.3 is 248 Å². The van der Waals surface area contributed by atoms with E-state index in [1.54, 1.807) is 0 Å². The molecule has 10 aliphatic rings. The van der Waals surface area contributed by atoms with Gasteiger partial charge in [0.2, 0.25) is 11.8 Å². The van der Waals surface area contributed by atoms with Gasteiger partial charge in [0, 0.05) is 13.8 Å². The third-order valence-corrected chi connectivity index (χ3v) is 23.2. The monoisotopic (exact) mass is 1790 g/mol. The van der Waals surface area contributed by atoms with Gasteiger partial charge in [-0.3, -0.25) is 9.59 Å². The number of rotatable bonds is 31. The van der Waals surface area contributed by atoms with Crippen molar-refractivity contribution in [2.75, 3.05) is 39.6 Å². The van der Waals surface area contributed by atoms with E-state index in [9.17, 15) is 153 Å². The van der Waals surface area contributed by atoms with Crippen molar-refractivity contribution in [2.45, 2.75) is 387 Å². The quantitative estimate of drug-likeness (QED) is 0.0306. The summed E-state index contributed by atoms with van der Waals surface area (Å²) < 4.78 is 119. The highest BCUT2D eigenvalue weighted by molar-refractivity contribution is 5.73. The molecule has 0 radical (unpaired) electrons. The second-order valence-electron chi connectivity index (χ2n) is 32.0. The minimum atomic E-state index is -2.46. The Kier molecular flexibility index (Phi) is 36.0. The van der Waals surface area contributed by atoms with Crippen molar-refractivity contribution in [3.63, 3.8) is 0 Å². The predicted octanol–water partition coefficient (Wildman–Crippen LogP) is -18.9. The number of aliphatic hydroxyl groups excluding tert-OH is 28. The van der Waals surface area contributed by atoms with Gasteiger partial charge in [-0.15, -0.1) is 0 Å². The van der Waals surface area contributed by atoms with Crippen LogP contribution in [0.2, 0.25) is 0 Å². The number of ether oxygens (including phenoxy) is 20. The lowest BCUT2D eigenvalue weighted by atomic mass is 9.94. The first-order chi connectivity index (χ1) is 57.4. The Bertz CT molecular complexity index is 3220. The predicted molar refractivity (Wildman–Crippen MR) is 379 cm³/mol. The summed E-state index contributed by atoms with van der Waals surface area (Å²) in [5, 5.41) is 317. The van der Waals surface area contributed by atoms with Crippen molar-refractivity contribution < 1.29 is 247 Å². The molecule has 54 atom stereocenters. The second kappa shape index (κ2) is 43.4. The number of hydrogen-bond acceptors (Lipinski definition) is 50. The van der Waals surface area contributed by atoms with Gasteiger partial charge in [-0.1, -0.05) is 0 Å². The summed E-state index contributed by atoms with van der Waals surface area (Å²) in [5.41, 5.74) is 0. The molecular formula is C70H120N2O50. The highest BCUT2D eigenvalue weighted by Gasteiger charge is 2.62. The molecule has 10 saturated heterocycles. The summed E-state index contributed by atoms with van der Waals surface area (Å²) in [5.74, 6) is -1.87. The van der Waals surface area contributed by atoms with Gasteiger partial charge in [-0.05, 0) is 41.5 Å². The Labute approximate surface area is 694 Å². The molecule has 0 bridgehead atoms. The zero-order valence-corrected chi connectivity index (χ0v) is 66.9. The molecule has 0 aromatic heterocycles. The lowest BCUT2D eigenvalue weighted by Gasteiger charge is -2.52. The van der Waals surface area contributed by atoms with E-state index >= 15 is 0 Å². The van der Waals surface area contributed by atoms with Crippen molar-refractivity contribution in [3.8, 4) is 0 Å². The summed E-state index contributed by atoms with van der Waals surface area (Å²) in [6.45, 7) is 2.80. The van der Waals surface area contributed by atoms with Crippen LogP contribution in [0, 0.1) is 0 Å². The Morgan fingerprint density at radius 2 is 0.557 bits per heavy atom. The van der Waals surface area contributed by atoms with Crippen molar-refractivity contribution in [1.82, 2.24) is 10.6 Å². The maximum atomic E-state index is 13.3. The molecular weight excluding hydrogens is 1670 g/mol. The van der Waals surface area contributed by atoms with Crippen molar-refractivity contribution in [3.05, 3.63) is 0 Å². The van der Waals surface area contributed by atoms with Crippen LogP contribution >= 0.6 is 0 Å². The van der Waals surface area contributed by atoms with Crippen LogP contribution in [0.3, 0.4) is 0 Å². The first-order valence-electron chi connectivity index (χ1n) is 39.7. The fourth-order valence-electron chi connectivity index (χ4n) is 15.9. The third-order valence-electron chi connectivity index (χ3n) is 23.2. The van der Waals surface area contributed by atoms with Crippen LogP contribution in [-0.2, 0) is 104 Å². The second-order valence-corrected chi connectivity index (χ2v) is 32.0. The molecule has 30 N–H and O–H groups in total. The Balaban J connectivity index is 0.947. The minimum absolute atomic E-state index is 0.916. The average Bonchev–Trinajstić information content (AvgIpc) is 0.757. The maximum Gasteiger partial charge on any atom is 0.217 e. The lowest BCUT2D eigenvalue weighted by molar-refractivity contribution is -0.406. The number of nitrogens with one attached hydrogen (secondary N) is 2. The number of hydrogen-bond donors (Lipinski definition) is 30. The van der Waals surface area contributed by atoms with Gasteiger partial charge in [0.25, 0.3) is 0 Å². The largest absolute Gasteiger partial charge is 0.394 e. The number of amides is 2. The van der Waals surface area contributed by atoms with Crippen LogP contribution in [0.5, 0.6) is 0 Å². The molecule has 2 amide bonds. The summed E-state index contributed by atoms with van der Waals surface area (Å²) in [6.07, 6.45) is -102. The van der Waals surface area contributed by atoms with Gasteiger partial charge in [0.15, 0.2) is 62.9 Å². The molecule has 122 heavy (non-hydrogen) atoms. The van der Waals surface area contributed by atoms with Crippen LogP contribution in [0.25, 0.3) is 0 Å². The molecule has 52 heteroatoms. The number of carbonyl (C=O) groups excluding carboxylic acids is 2. The van der Waals surface area contributed by atoms with Crippen LogP contribution < -0.4 is 10.6 Å². The van der Waals surface area contributed by atoms with Gasteiger partial charge in [0.1, 0.15) is 232 Å². The van der Waals surface area contributed by atoms with Crippen LogP contribution in [0.4, 0.5) is 0 Å². The van der Waals surface area contributed by atoms with E-state index in [1.807, 2.05) is 0 Å². The highest BCUT2D eigenvalue weighted by atomic mass is 16.8. The standard InChI is InChI=1S/C70H120N2O50/c1-15-31(82)40(91)45(96)63(104-15)116-54(35(86)23(80)9-73)24(81)14-103-69-59(43(94)34(85)18(4)107-69)122-70-60(49(100)53(20(6)109-70)115-62-30(72-22(8)79)56(37(88)26(11-75)111-62)118-68-51(102)58(39(90)28(13-77)113-68)120-65-47(98)42(93)33(84)17(3)106-65)121-66-48(99)44(95)52(19(5)108-66)114-61-29(71-21(7)78)55(36(87)25(10-74)110-61)117-67-50(101)57(38(89)27(12-76)112-67)119-64-46(97)41(92)32(83)16(2)105-64/h15-20,23-70,73-77,80-102H,9-14H2,1-8H3,(H,71,78)(H,72,79)/t15-,16-,17-,18-,19-,20-,23+,24-,25+,26+,27+,28+,29+,30+,31-,32-,33-,34+,35+,36+,37+,38-,39-,40+,41+,42+,43+,44-,45+,46+,47+,48+,49+,50+,51+,52-,53-,54+,55+,56+,57-,58-,59-,60+,61-,62-,63-,64-,65-,66-,67+,68+,69+,70-/m0/s1. The molecule has 52 nitrogen and oxygen atoms in total. The Morgan fingerprint density at radius 3 is 0.951 bits per heavy atom. The fraction of sp³-hybridized carbons (Fsp3) is 0.971. The molecule has 10 fully saturated rings. The molecule has 0 spiro atoms. The highest BCUT2D eigenvalue weighted by Crippen LogP contribution is 2.42. The van der Waals surface area contributed by atoms with E-state index in [0.717, 1.165) is 13.8 Å². The molecule has 10 aliphatic heterocycles. The molecule has 0 aliphatic carbocycles. The molecule has 710 valence electrons. The van der Waals surface area contributed by atoms with E-state index in [-0.39, 0.29) is 0 Å².